The molecule has 4 aromatic rings. The van der Waals surface area contributed by atoms with Gasteiger partial charge in [0.25, 0.3) is 5.89 Å². The molecular formula is C24H24N6O5S. The molecule has 1 unspecified atom stereocenters. The molecule has 0 aliphatic carbocycles. The van der Waals surface area contributed by atoms with Crippen LogP contribution in [0.5, 0.6) is 0 Å². The Morgan fingerprint density at radius 2 is 1.97 bits per heavy atom. The van der Waals surface area contributed by atoms with Gasteiger partial charge in [0.05, 0.1) is 35.0 Å². The van der Waals surface area contributed by atoms with Crippen molar-refractivity contribution in [3.8, 4) is 11.5 Å². The highest BCUT2D eigenvalue weighted by Crippen LogP contribution is 2.35. The molecule has 0 fully saturated rings. The predicted octanol–water partition coefficient (Wildman–Crippen LogP) is 2.93. The highest BCUT2D eigenvalue weighted by atomic mass is 32.2. The van der Waals surface area contributed by atoms with E-state index >= 15 is 0 Å². The molecule has 36 heavy (non-hydrogen) atoms. The van der Waals surface area contributed by atoms with E-state index in [-0.39, 0.29) is 35.5 Å². The number of anilines is 3. The molecule has 186 valence electrons. The summed E-state index contributed by atoms with van der Waals surface area (Å²) in [5.74, 6) is 1.06. The van der Waals surface area contributed by atoms with E-state index in [1.165, 1.54) is 12.3 Å². The minimum atomic E-state index is -3.42. The van der Waals surface area contributed by atoms with Crippen molar-refractivity contribution in [1.82, 2.24) is 20.2 Å². The number of sulfone groups is 1. The second-order valence-electron chi connectivity index (χ2n) is 8.37. The summed E-state index contributed by atoms with van der Waals surface area (Å²) in [5, 5.41) is 34.6. The fourth-order valence-electron chi connectivity index (χ4n) is 4.03. The third-order valence-corrected chi connectivity index (χ3v) is 7.68. The van der Waals surface area contributed by atoms with Gasteiger partial charge in [-0.05, 0) is 30.2 Å². The van der Waals surface area contributed by atoms with Crippen molar-refractivity contribution >= 4 is 27.3 Å². The molecule has 3 heterocycles. The van der Waals surface area contributed by atoms with Gasteiger partial charge in [0, 0.05) is 24.4 Å². The predicted molar refractivity (Wildman–Crippen MR) is 131 cm³/mol. The third-order valence-electron chi connectivity index (χ3n) is 5.86. The summed E-state index contributed by atoms with van der Waals surface area (Å²) in [7, 11) is -3.42. The van der Waals surface area contributed by atoms with Crippen LogP contribution in [-0.4, -0.2) is 51.2 Å². The van der Waals surface area contributed by atoms with Crippen molar-refractivity contribution in [2.45, 2.75) is 30.4 Å². The molecule has 4 N–H and O–H groups in total. The molecule has 0 amide bonds. The van der Waals surface area contributed by atoms with E-state index in [1.807, 2.05) is 30.3 Å². The van der Waals surface area contributed by atoms with Gasteiger partial charge in [-0.25, -0.2) is 13.4 Å². The minimum absolute atomic E-state index is 0.0872. The summed E-state index contributed by atoms with van der Waals surface area (Å²) >= 11 is 0. The maximum Gasteiger partial charge on any atom is 0.253 e. The molecule has 1 aliphatic heterocycles. The van der Waals surface area contributed by atoms with Gasteiger partial charge in [-0.2, -0.15) is 4.98 Å². The van der Waals surface area contributed by atoms with Gasteiger partial charge >= 0.3 is 0 Å². The molecule has 0 bridgehead atoms. The summed E-state index contributed by atoms with van der Waals surface area (Å²) in [6, 6.07) is 13.6. The van der Waals surface area contributed by atoms with Crippen molar-refractivity contribution < 1.29 is 23.0 Å². The quantitative estimate of drug-likeness (QED) is 0.290. The first-order chi connectivity index (χ1) is 17.3. The van der Waals surface area contributed by atoms with Crippen molar-refractivity contribution in [2.75, 3.05) is 23.0 Å². The number of rotatable bonds is 7. The van der Waals surface area contributed by atoms with Crippen LogP contribution in [0.25, 0.3) is 11.5 Å². The number of aryl methyl sites for hydroxylation is 1. The first kappa shape index (κ1) is 23.9. The van der Waals surface area contributed by atoms with Gasteiger partial charge < -0.3 is 25.3 Å². The molecule has 0 spiro atoms. The first-order valence-corrected chi connectivity index (χ1v) is 12.9. The zero-order valence-electron chi connectivity index (χ0n) is 19.3. The number of benzene rings is 2. The molecule has 2 atom stereocenters. The number of hydrogen-bond acceptors (Lipinski definition) is 11. The lowest BCUT2D eigenvalue weighted by Gasteiger charge is -2.22. The van der Waals surface area contributed by atoms with Crippen LogP contribution < -0.4 is 10.6 Å². The Hall–Kier alpha value is -3.87. The van der Waals surface area contributed by atoms with Crippen LogP contribution in [0.3, 0.4) is 0 Å². The highest BCUT2D eigenvalue weighted by molar-refractivity contribution is 7.91. The summed E-state index contributed by atoms with van der Waals surface area (Å²) in [6.07, 6.45) is 0.786. The molecule has 2 aromatic heterocycles. The zero-order chi connectivity index (χ0) is 25.3. The van der Waals surface area contributed by atoms with Crippen LogP contribution in [0, 0.1) is 6.92 Å². The minimum Gasteiger partial charge on any atom is -0.421 e. The molecule has 0 saturated carbocycles. The highest BCUT2D eigenvalue weighted by Gasteiger charge is 2.29. The summed E-state index contributed by atoms with van der Waals surface area (Å²) in [6.45, 7) is 1.47. The van der Waals surface area contributed by atoms with Gasteiger partial charge in [0.2, 0.25) is 11.8 Å². The van der Waals surface area contributed by atoms with Crippen LogP contribution >= 0.6 is 0 Å². The zero-order valence-corrected chi connectivity index (χ0v) is 20.1. The Balaban J connectivity index is 1.50. The smallest absolute Gasteiger partial charge is 0.253 e. The number of hydrogen-bond donors (Lipinski definition) is 4. The van der Waals surface area contributed by atoms with Crippen LogP contribution in [0.4, 0.5) is 17.5 Å². The maximum atomic E-state index is 12.4. The maximum absolute atomic E-state index is 12.4. The summed E-state index contributed by atoms with van der Waals surface area (Å²) < 4.78 is 30.3. The van der Waals surface area contributed by atoms with Crippen LogP contribution in [-0.2, 0) is 9.84 Å². The number of nitrogens with zero attached hydrogens (tertiary/aromatic N) is 4. The van der Waals surface area contributed by atoms with E-state index in [4.69, 9.17) is 4.42 Å². The van der Waals surface area contributed by atoms with Crippen LogP contribution in [0.15, 0.2) is 64.0 Å². The number of fused-ring (bicyclic) bond motifs is 1. The van der Waals surface area contributed by atoms with Crippen LogP contribution in [0.2, 0.25) is 0 Å². The molecule has 5 rings (SSSR count). The van der Waals surface area contributed by atoms with E-state index in [0.717, 1.165) is 5.56 Å². The average molecular weight is 509 g/mol. The lowest BCUT2D eigenvalue weighted by molar-refractivity contribution is 0.168. The van der Waals surface area contributed by atoms with Crippen molar-refractivity contribution in [3.63, 3.8) is 0 Å². The molecule has 11 nitrogen and oxygen atoms in total. The normalized spacial score (nSPS) is 17.2. The Morgan fingerprint density at radius 3 is 2.69 bits per heavy atom. The summed E-state index contributed by atoms with van der Waals surface area (Å²) in [4.78, 5) is 9.06. The Morgan fingerprint density at radius 1 is 1.17 bits per heavy atom. The molecule has 0 radical (unpaired) electrons. The van der Waals surface area contributed by atoms with Crippen LogP contribution in [0.1, 0.15) is 35.6 Å². The molecule has 12 heteroatoms. The SMILES string of the molecule is Cc1nnc(-c2cnc(Nc3ccc4c(c3)C(O)CCS4(=O)=O)nc2N[C@H](CO)c2ccccc2)o1. The Labute approximate surface area is 207 Å². The lowest BCUT2D eigenvalue weighted by Crippen LogP contribution is -2.20. The van der Waals surface area contributed by atoms with Crippen molar-refractivity contribution in [3.05, 3.63) is 71.7 Å². The molecule has 0 saturated heterocycles. The first-order valence-electron chi connectivity index (χ1n) is 11.3. The van der Waals surface area contributed by atoms with Gasteiger partial charge in [-0.1, -0.05) is 30.3 Å². The van der Waals surface area contributed by atoms with Gasteiger partial charge in [0.15, 0.2) is 9.84 Å². The summed E-state index contributed by atoms with van der Waals surface area (Å²) in [5.41, 5.74) is 2.15. The van der Waals surface area contributed by atoms with E-state index in [2.05, 4.69) is 30.8 Å². The largest absolute Gasteiger partial charge is 0.421 e. The van der Waals surface area contributed by atoms with E-state index < -0.39 is 22.0 Å². The number of nitrogens with one attached hydrogen (secondary N) is 2. The Bertz CT molecular complexity index is 1490. The standard InChI is InChI=1S/C24H24N6O5S/c1-14-29-30-23(35-14)18-12-25-24(28-22(18)27-19(13-31)15-5-3-2-4-6-15)26-16-7-8-21-17(11-16)20(32)9-10-36(21,33)34/h2-8,11-12,19-20,31-32H,9-10,13H2,1H3,(H2,25,26,27,28)/t19-,20?/m1/s1. The van der Waals surface area contributed by atoms with Crippen molar-refractivity contribution in [2.24, 2.45) is 0 Å². The third kappa shape index (κ3) is 4.78. The molecule has 1 aliphatic rings. The van der Waals surface area contributed by atoms with E-state index in [1.54, 1.807) is 19.1 Å². The second kappa shape index (κ2) is 9.64. The number of aliphatic hydroxyl groups excluding tert-OH is 2. The fraction of sp³-hybridized carbons (Fsp3) is 0.250. The van der Waals surface area contributed by atoms with Gasteiger partial charge in [-0.15, -0.1) is 10.2 Å². The topological polar surface area (TPSA) is 163 Å². The second-order valence-corrected chi connectivity index (χ2v) is 10.5. The fourth-order valence-corrected chi connectivity index (χ4v) is 5.61. The monoisotopic (exact) mass is 508 g/mol. The molecule has 2 aromatic carbocycles. The van der Waals surface area contributed by atoms with Gasteiger partial charge in [0.1, 0.15) is 5.82 Å². The Kier molecular flexibility index (Phi) is 6.39. The average Bonchev–Trinajstić information content (AvgIpc) is 3.31. The lowest BCUT2D eigenvalue weighted by atomic mass is 10.1. The molecular weight excluding hydrogens is 484 g/mol. The number of aromatic nitrogens is 4. The van der Waals surface area contributed by atoms with Gasteiger partial charge in [-0.3, -0.25) is 0 Å². The van der Waals surface area contributed by atoms with E-state index in [9.17, 15) is 18.6 Å². The number of aliphatic hydroxyl groups is 2. The van der Waals surface area contributed by atoms with Crippen molar-refractivity contribution in [1.29, 1.82) is 0 Å². The van der Waals surface area contributed by atoms with E-state index in [0.29, 0.717) is 28.5 Å².